The summed E-state index contributed by atoms with van der Waals surface area (Å²) in [5, 5.41) is 5.19. The molecule has 0 aliphatic carbocycles. The summed E-state index contributed by atoms with van der Waals surface area (Å²) in [5.74, 6) is -0.354. The summed E-state index contributed by atoms with van der Waals surface area (Å²) in [4.78, 5) is 23.8. The second kappa shape index (κ2) is 11.8. The van der Waals surface area contributed by atoms with E-state index in [-0.39, 0.29) is 17.9 Å². The van der Waals surface area contributed by atoms with Crippen molar-refractivity contribution in [1.29, 1.82) is 0 Å². The molecule has 202 valence electrons. The maximum absolute atomic E-state index is 12.8. The van der Waals surface area contributed by atoms with Gasteiger partial charge in [0, 0.05) is 37.1 Å². The first-order valence-corrected chi connectivity index (χ1v) is 14.9. The van der Waals surface area contributed by atoms with Gasteiger partial charge in [0.1, 0.15) is 5.69 Å². The van der Waals surface area contributed by atoms with Crippen molar-refractivity contribution in [2.45, 2.75) is 12.9 Å². The number of hydrogen-bond donors (Lipinski definition) is 1. The molecule has 3 aromatic rings. The molecular formula is C25H29N5O6S2. The zero-order chi connectivity index (χ0) is 26.5. The third-order valence-corrected chi connectivity index (χ3v) is 8.33. The van der Waals surface area contributed by atoms with Gasteiger partial charge in [0.25, 0.3) is 5.91 Å². The van der Waals surface area contributed by atoms with Crippen molar-refractivity contribution >= 4 is 38.1 Å². The molecule has 0 bridgehead atoms. The number of amides is 1. The fraction of sp³-hybridized carbons (Fsp3) is 0.400. The van der Waals surface area contributed by atoms with E-state index in [2.05, 4.69) is 20.2 Å². The number of benzene rings is 1. The number of carbonyl (C=O) groups excluding carboxylic acids is 1. The first kappa shape index (κ1) is 26.7. The van der Waals surface area contributed by atoms with Gasteiger partial charge in [0.2, 0.25) is 10.0 Å². The number of aromatic nitrogens is 2. The fourth-order valence-corrected chi connectivity index (χ4v) is 5.80. The third-order valence-electron chi connectivity index (χ3n) is 6.27. The molecular weight excluding hydrogens is 530 g/mol. The van der Waals surface area contributed by atoms with E-state index in [4.69, 9.17) is 14.2 Å². The van der Waals surface area contributed by atoms with Crippen molar-refractivity contribution in [3.05, 3.63) is 59.2 Å². The van der Waals surface area contributed by atoms with E-state index in [9.17, 15) is 13.2 Å². The molecule has 2 aliphatic heterocycles. The van der Waals surface area contributed by atoms with Gasteiger partial charge in [-0.25, -0.2) is 18.4 Å². The number of carbonyl (C=O) groups is 1. The van der Waals surface area contributed by atoms with Crippen LogP contribution in [0.4, 0.5) is 10.8 Å². The molecule has 2 saturated heterocycles. The van der Waals surface area contributed by atoms with Crippen molar-refractivity contribution in [3.63, 3.8) is 0 Å². The van der Waals surface area contributed by atoms with E-state index < -0.39 is 10.0 Å². The summed E-state index contributed by atoms with van der Waals surface area (Å²) >= 11 is 1.33. The Labute approximate surface area is 225 Å². The summed E-state index contributed by atoms with van der Waals surface area (Å²) in [7, 11) is -3.19. The monoisotopic (exact) mass is 559 g/mol. The van der Waals surface area contributed by atoms with Gasteiger partial charge in [0.05, 0.1) is 50.3 Å². The molecule has 38 heavy (non-hydrogen) atoms. The third kappa shape index (κ3) is 6.54. The number of sulfonamides is 1. The van der Waals surface area contributed by atoms with Crippen LogP contribution >= 0.6 is 11.3 Å². The van der Waals surface area contributed by atoms with E-state index in [1.54, 1.807) is 12.3 Å². The normalized spacial score (nSPS) is 17.1. The Kier molecular flexibility index (Phi) is 8.31. The van der Waals surface area contributed by atoms with E-state index in [1.165, 1.54) is 21.9 Å². The van der Waals surface area contributed by atoms with Crippen LogP contribution in [-0.2, 0) is 30.8 Å². The molecule has 1 amide bonds. The van der Waals surface area contributed by atoms with Crippen LogP contribution in [0.25, 0.3) is 11.3 Å². The molecule has 1 N–H and O–H groups in total. The van der Waals surface area contributed by atoms with Crippen molar-refractivity contribution < 1.29 is 27.4 Å². The van der Waals surface area contributed by atoms with Gasteiger partial charge in [-0.3, -0.25) is 10.1 Å². The topological polar surface area (TPSA) is 123 Å². The molecule has 5 rings (SSSR count). The minimum absolute atomic E-state index is 0.269. The van der Waals surface area contributed by atoms with Gasteiger partial charge < -0.3 is 19.1 Å². The molecule has 0 atom stereocenters. The quantitative estimate of drug-likeness (QED) is 0.421. The van der Waals surface area contributed by atoms with E-state index in [1.807, 2.05) is 35.7 Å². The maximum Gasteiger partial charge on any atom is 0.276 e. The minimum atomic E-state index is -3.19. The van der Waals surface area contributed by atoms with Gasteiger partial charge >= 0.3 is 0 Å². The average Bonchev–Trinajstić information content (AvgIpc) is 3.61. The van der Waals surface area contributed by atoms with Gasteiger partial charge in [-0.1, -0.05) is 24.3 Å². The van der Waals surface area contributed by atoms with Gasteiger partial charge in [0.15, 0.2) is 11.4 Å². The Bertz CT molecular complexity index is 1350. The Hall–Kier alpha value is -2.94. The zero-order valence-corrected chi connectivity index (χ0v) is 22.5. The predicted octanol–water partition coefficient (Wildman–Crippen LogP) is 2.43. The highest BCUT2D eigenvalue weighted by Gasteiger charge is 2.24. The van der Waals surface area contributed by atoms with Crippen LogP contribution < -0.4 is 10.2 Å². The standard InChI is InChI=1S/C25H29N5O6S2/c1-38(32,33)30-10-8-29(9-11-30)19-6-7-21(26-14-19)24(31)28-25-27-22(17-37-25)20-5-3-2-4-18(20)15-34-16-23-35-12-13-36-23/h2-7,14,17,23H,8-13,15-16H2,1H3,(H,27,28,31). The lowest BCUT2D eigenvalue weighted by atomic mass is 10.1. The number of anilines is 2. The highest BCUT2D eigenvalue weighted by molar-refractivity contribution is 7.88. The summed E-state index contributed by atoms with van der Waals surface area (Å²) < 4.78 is 41.5. The lowest BCUT2D eigenvalue weighted by molar-refractivity contribution is -0.0974. The number of ether oxygens (including phenoxy) is 3. The van der Waals surface area contributed by atoms with Gasteiger partial charge in [-0.2, -0.15) is 4.31 Å². The van der Waals surface area contributed by atoms with Crippen LogP contribution in [0.5, 0.6) is 0 Å². The minimum Gasteiger partial charge on any atom is -0.371 e. The van der Waals surface area contributed by atoms with Crippen molar-refractivity contribution in [2.75, 3.05) is 62.5 Å². The number of pyridine rings is 1. The van der Waals surface area contributed by atoms with E-state index in [0.29, 0.717) is 57.7 Å². The van der Waals surface area contributed by atoms with Crippen LogP contribution in [0, 0.1) is 0 Å². The molecule has 4 heterocycles. The molecule has 1 aromatic carbocycles. The highest BCUT2D eigenvalue weighted by atomic mass is 32.2. The molecule has 0 spiro atoms. The Morgan fingerprint density at radius 1 is 1.13 bits per heavy atom. The average molecular weight is 560 g/mol. The summed E-state index contributed by atoms with van der Waals surface area (Å²) in [6, 6.07) is 11.3. The summed E-state index contributed by atoms with van der Waals surface area (Å²) in [6.45, 7) is 3.89. The lowest BCUT2D eigenvalue weighted by Gasteiger charge is -2.34. The molecule has 0 unspecified atom stereocenters. The molecule has 0 saturated carbocycles. The summed E-state index contributed by atoms with van der Waals surface area (Å²) in [5.41, 5.74) is 3.76. The van der Waals surface area contributed by atoms with Crippen molar-refractivity contribution in [3.8, 4) is 11.3 Å². The van der Waals surface area contributed by atoms with E-state index >= 15 is 0 Å². The molecule has 13 heteroatoms. The Morgan fingerprint density at radius 3 is 2.61 bits per heavy atom. The molecule has 2 aliphatic rings. The SMILES string of the molecule is CS(=O)(=O)N1CCN(c2ccc(C(=O)Nc3nc(-c4ccccc4COCC4OCCO4)cs3)nc2)CC1. The first-order valence-electron chi connectivity index (χ1n) is 12.2. The number of rotatable bonds is 9. The first-order chi connectivity index (χ1) is 18.4. The lowest BCUT2D eigenvalue weighted by Crippen LogP contribution is -2.48. The number of hydrogen-bond acceptors (Lipinski definition) is 10. The molecule has 2 aromatic heterocycles. The van der Waals surface area contributed by atoms with Gasteiger partial charge in [-0.05, 0) is 17.7 Å². The summed E-state index contributed by atoms with van der Waals surface area (Å²) in [6.07, 6.45) is 2.53. The van der Waals surface area contributed by atoms with Crippen LogP contribution in [-0.4, -0.2) is 87.1 Å². The van der Waals surface area contributed by atoms with Crippen LogP contribution in [0.3, 0.4) is 0 Å². The van der Waals surface area contributed by atoms with Crippen molar-refractivity contribution in [2.24, 2.45) is 0 Å². The van der Waals surface area contributed by atoms with Crippen LogP contribution in [0.2, 0.25) is 0 Å². The molecule has 2 fully saturated rings. The highest BCUT2D eigenvalue weighted by Crippen LogP contribution is 2.28. The van der Waals surface area contributed by atoms with Crippen LogP contribution in [0.1, 0.15) is 16.1 Å². The zero-order valence-electron chi connectivity index (χ0n) is 20.9. The van der Waals surface area contributed by atoms with Crippen LogP contribution in [0.15, 0.2) is 48.0 Å². The number of nitrogens with zero attached hydrogens (tertiary/aromatic N) is 4. The second-order valence-corrected chi connectivity index (χ2v) is 11.7. The van der Waals surface area contributed by atoms with Gasteiger partial charge in [-0.15, -0.1) is 11.3 Å². The maximum atomic E-state index is 12.8. The molecule has 0 radical (unpaired) electrons. The molecule has 11 nitrogen and oxygen atoms in total. The predicted molar refractivity (Wildman–Crippen MR) is 144 cm³/mol. The smallest absolute Gasteiger partial charge is 0.276 e. The Morgan fingerprint density at radius 2 is 1.89 bits per heavy atom. The number of piperazine rings is 1. The number of thiazole rings is 1. The Balaban J connectivity index is 1.17. The second-order valence-electron chi connectivity index (χ2n) is 8.89. The van der Waals surface area contributed by atoms with E-state index in [0.717, 1.165) is 22.5 Å². The largest absolute Gasteiger partial charge is 0.371 e. The fourth-order valence-electron chi connectivity index (χ4n) is 4.27. The number of nitrogens with one attached hydrogen (secondary N) is 1. The van der Waals surface area contributed by atoms with Crippen molar-refractivity contribution in [1.82, 2.24) is 14.3 Å².